The van der Waals surface area contributed by atoms with Crippen LogP contribution in [0.3, 0.4) is 0 Å². The van der Waals surface area contributed by atoms with Gasteiger partial charge in [-0.1, -0.05) is 17.7 Å². The number of aryl methyl sites for hydroxylation is 1. The Bertz CT molecular complexity index is 927. The summed E-state index contributed by atoms with van der Waals surface area (Å²) in [4.78, 5) is 44.8. The molecule has 0 saturated carbocycles. The van der Waals surface area contributed by atoms with E-state index in [9.17, 15) is 14.4 Å². The minimum Gasteiger partial charge on any atom is -0.342 e. The summed E-state index contributed by atoms with van der Waals surface area (Å²) in [5.41, 5.74) is 2.98. The molecule has 2 aliphatic heterocycles. The first-order valence-corrected chi connectivity index (χ1v) is 10.0. The number of carbonyl (C=O) groups excluding carboxylic acids is 3. The van der Waals surface area contributed by atoms with Crippen LogP contribution < -0.4 is 5.32 Å². The molecule has 0 atom stereocenters. The monoisotopic (exact) mass is 395 g/mol. The molecular weight excluding hydrogens is 370 g/mol. The van der Waals surface area contributed by atoms with E-state index < -0.39 is 0 Å². The maximum Gasteiger partial charge on any atom is 0.290 e. The van der Waals surface area contributed by atoms with E-state index in [4.69, 9.17) is 0 Å². The van der Waals surface area contributed by atoms with Gasteiger partial charge < -0.3 is 19.7 Å². The molecule has 2 aliphatic rings. The number of hydrogen-bond donors (Lipinski definition) is 1. The molecule has 4 rings (SSSR count). The van der Waals surface area contributed by atoms with E-state index in [1.807, 2.05) is 35.8 Å². The summed E-state index contributed by atoms with van der Waals surface area (Å²) >= 11 is 0. The molecule has 1 N–H and O–H groups in total. The van der Waals surface area contributed by atoms with Gasteiger partial charge in [0.25, 0.3) is 11.8 Å². The summed E-state index contributed by atoms with van der Waals surface area (Å²) < 4.78 is 1.90. The number of aromatic nitrogens is 2. The Balaban J connectivity index is 1.58. The molecule has 8 nitrogen and oxygen atoms in total. The van der Waals surface area contributed by atoms with E-state index in [2.05, 4.69) is 10.3 Å². The molecule has 1 saturated heterocycles. The smallest absolute Gasteiger partial charge is 0.290 e. The van der Waals surface area contributed by atoms with Crippen LogP contribution in [0.5, 0.6) is 0 Å². The van der Waals surface area contributed by atoms with Gasteiger partial charge in [0.15, 0.2) is 11.5 Å². The zero-order chi connectivity index (χ0) is 20.4. The second-order valence-electron chi connectivity index (χ2n) is 7.59. The first-order valence-electron chi connectivity index (χ1n) is 10.0. The van der Waals surface area contributed by atoms with Crippen molar-refractivity contribution in [2.24, 2.45) is 0 Å². The Morgan fingerprint density at radius 1 is 1.03 bits per heavy atom. The predicted octanol–water partition coefficient (Wildman–Crippen LogP) is 1.69. The zero-order valence-electron chi connectivity index (χ0n) is 16.6. The number of fused-ring (bicyclic) bond motifs is 1. The number of hydrogen-bond acceptors (Lipinski definition) is 4. The lowest BCUT2D eigenvalue weighted by atomic mass is 10.1. The van der Waals surface area contributed by atoms with Crippen LogP contribution in [0.4, 0.5) is 5.69 Å². The second-order valence-corrected chi connectivity index (χ2v) is 7.59. The summed E-state index contributed by atoms with van der Waals surface area (Å²) in [6.07, 6.45) is 3.48. The van der Waals surface area contributed by atoms with Gasteiger partial charge in [-0.3, -0.25) is 14.4 Å². The molecule has 1 fully saturated rings. The lowest BCUT2D eigenvalue weighted by Crippen LogP contribution is -2.48. The van der Waals surface area contributed by atoms with Gasteiger partial charge in [-0.15, -0.1) is 0 Å². The number of carbonyl (C=O) groups is 3. The van der Waals surface area contributed by atoms with E-state index in [1.165, 1.54) is 0 Å². The Kier molecular flexibility index (Phi) is 5.33. The molecule has 0 aliphatic carbocycles. The van der Waals surface area contributed by atoms with Crippen molar-refractivity contribution in [3.63, 3.8) is 0 Å². The highest BCUT2D eigenvalue weighted by molar-refractivity contribution is 6.05. The SMILES string of the molecule is Cc1ccc(NC(=O)c2nc(C(=O)N3CCN(C=O)CC3)n3c2CCCC3)cc1. The lowest BCUT2D eigenvalue weighted by Gasteiger charge is -2.32. The maximum atomic E-state index is 13.1. The third kappa shape index (κ3) is 3.87. The summed E-state index contributed by atoms with van der Waals surface area (Å²) in [7, 11) is 0. The van der Waals surface area contributed by atoms with Gasteiger partial charge in [0.2, 0.25) is 6.41 Å². The summed E-state index contributed by atoms with van der Waals surface area (Å²) in [6.45, 7) is 4.67. The molecule has 1 aromatic heterocycles. The van der Waals surface area contributed by atoms with E-state index in [1.54, 1.807) is 9.80 Å². The first kappa shape index (κ1) is 19.2. The quantitative estimate of drug-likeness (QED) is 0.798. The largest absolute Gasteiger partial charge is 0.342 e. The molecule has 2 aromatic rings. The molecule has 29 heavy (non-hydrogen) atoms. The lowest BCUT2D eigenvalue weighted by molar-refractivity contribution is -0.119. The van der Waals surface area contributed by atoms with Gasteiger partial charge in [-0.2, -0.15) is 0 Å². The van der Waals surface area contributed by atoms with Crippen molar-refractivity contribution in [1.29, 1.82) is 0 Å². The van der Waals surface area contributed by atoms with E-state index in [0.29, 0.717) is 49.9 Å². The molecule has 1 aromatic carbocycles. The standard InChI is InChI=1S/C21H25N5O3/c1-15-5-7-16(8-6-15)22-20(28)18-17-4-2-3-9-26(17)19(23-18)21(29)25-12-10-24(14-27)11-13-25/h5-8,14H,2-4,9-13H2,1H3,(H,22,28). The van der Waals surface area contributed by atoms with Gasteiger partial charge >= 0.3 is 0 Å². The highest BCUT2D eigenvalue weighted by Crippen LogP contribution is 2.23. The van der Waals surface area contributed by atoms with Crippen LogP contribution in [-0.4, -0.2) is 63.8 Å². The number of nitrogens with zero attached hydrogens (tertiary/aromatic N) is 4. The fourth-order valence-electron chi connectivity index (χ4n) is 3.89. The molecule has 3 heterocycles. The van der Waals surface area contributed by atoms with Crippen molar-refractivity contribution in [3.8, 4) is 0 Å². The minimum absolute atomic E-state index is 0.173. The van der Waals surface area contributed by atoms with Crippen LogP contribution >= 0.6 is 0 Å². The van der Waals surface area contributed by atoms with Crippen molar-refractivity contribution >= 4 is 23.9 Å². The average Bonchev–Trinajstić information content (AvgIpc) is 3.15. The van der Waals surface area contributed by atoms with Crippen LogP contribution in [0.2, 0.25) is 0 Å². The Hall–Kier alpha value is -3.16. The van der Waals surface area contributed by atoms with Gasteiger partial charge in [-0.05, 0) is 38.3 Å². The topological polar surface area (TPSA) is 87.5 Å². The average molecular weight is 395 g/mol. The molecule has 3 amide bonds. The predicted molar refractivity (Wildman–Crippen MR) is 108 cm³/mol. The van der Waals surface area contributed by atoms with Gasteiger partial charge in [-0.25, -0.2) is 4.98 Å². The molecule has 152 valence electrons. The molecule has 0 bridgehead atoms. The zero-order valence-corrected chi connectivity index (χ0v) is 16.6. The normalized spacial score (nSPS) is 16.3. The van der Waals surface area contributed by atoms with Crippen LogP contribution in [0, 0.1) is 6.92 Å². The summed E-state index contributed by atoms with van der Waals surface area (Å²) in [6, 6.07) is 7.58. The van der Waals surface area contributed by atoms with E-state index in [-0.39, 0.29) is 11.8 Å². The third-order valence-electron chi connectivity index (χ3n) is 5.58. The van der Waals surface area contributed by atoms with Crippen molar-refractivity contribution in [1.82, 2.24) is 19.4 Å². The Morgan fingerprint density at radius 2 is 1.76 bits per heavy atom. The van der Waals surface area contributed by atoms with Gasteiger partial charge in [0, 0.05) is 38.4 Å². The van der Waals surface area contributed by atoms with Crippen molar-refractivity contribution in [3.05, 3.63) is 47.0 Å². The molecular formula is C21H25N5O3. The summed E-state index contributed by atoms with van der Waals surface area (Å²) in [5, 5.41) is 2.90. The van der Waals surface area contributed by atoms with E-state index in [0.717, 1.165) is 36.9 Å². The molecule has 8 heteroatoms. The Morgan fingerprint density at radius 3 is 2.45 bits per heavy atom. The number of nitrogens with one attached hydrogen (secondary N) is 1. The highest BCUT2D eigenvalue weighted by atomic mass is 16.2. The highest BCUT2D eigenvalue weighted by Gasteiger charge is 2.31. The third-order valence-corrected chi connectivity index (χ3v) is 5.58. The van der Waals surface area contributed by atoms with E-state index >= 15 is 0 Å². The van der Waals surface area contributed by atoms with Gasteiger partial charge in [0.1, 0.15) is 0 Å². The summed E-state index contributed by atoms with van der Waals surface area (Å²) in [5.74, 6) is -0.134. The molecule has 0 unspecified atom stereocenters. The number of piperazine rings is 1. The van der Waals surface area contributed by atoms with Crippen LogP contribution in [-0.2, 0) is 17.8 Å². The number of rotatable bonds is 4. The minimum atomic E-state index is -0.288. The fraction of sp³-hybridized carbons (Fsp3) is 0.429. The van der Waals surface area contributed by atoms with Crippen molar-refractivity contribution in [2.45, 2.75) is 32.7 Å². The Labute approximate surface area is 169 Å². The fourth-order valence-corrected chi connectivity index (χ4v) is 3.89. The number of amides is 3. The van der Waals surface area contributed by atoms with Crippen LogP contribution in [0.25, 0.3) is 0 Å². The molecule has 0 radical (unpaired) electrons. The van der Waals surface area contributed by atoms with Crippen LogP contribution in [0.15, 0.2) is 24.3 Å². The number of benzene rings is 1. The van der Waals surface area contributed by atoms with Crippen LogP contribution in [0.1, 0.15) is 45.2 Å². The van der Waals surface area contributed by atoms with Crippen molar-refractivity contribution in [2.75, 3.05) is 31.5 Å². The second kappa shape index (κ2) is 8.06. The maximum absolute atomic E-state index is 13.1. The number of anilines is 1. The first-order chi connectivity index (χ1) is 14.1. The number of imidazole rings is 1. The van der Waals surface area contributed by atoms with Crippen molar-refractivity contribution < 1.29 is 14.4 Å². The molecule has 0 spiro atoms. The van der Waals surface area contributed by atoms with Gasteiger partial charge in [0.05, 0.1) is 5.69 Å².